The Labute approximate surface area is 165 Å². The highest BCUT2D eigenvalue weighted by Gasteiger charge is 2.08. The third-order valence-corrected chi connectivity index (χ3v) is 4.12. The predicted octanol–water partition coefficient (Wildman–Crippen LogP) is 5.65. The number of esters is 1. The van der Waals surface area contributed by atoms with Crippen LogP contribution in [0, 0.1) is 0 Å². The second-order valence-corrected chi connectivity index (χ2v) is 6.30. The molecular weight excluding hydrogens is 350 g/mol. The maximum absolute atomic E-state index is 12.3. The van der Waals surface area contributed by atoms with Crippen molar-refractivity contribution in [2.24, 2.45) is 0 Å². The van der Waals surface area contributed by atoms with Crippen LogP contribution in [0.3, 0.4) is 0 Å². The van der Waals surface area contributed by atoms with Gasteiger partial charge in [0.1, 0.15) is 11.5 Å². The quantitative estimate of drug-likeness (QED) is 0.291. The lowest BCUT2D eigenvalue weighted by atomic mass is 10.1. The lowest BCUT2D eigenvalue weighted by Gasteiger charge is -2.07. The molecule has 0 aliphatic rings. The van der Waals surface area contributed by atoms with Gasteiger partial charge in [-0.2, -0.15) is 0 Å². The molecule has 4 nitrogen and oxygen atoms in total. The first-order valence-corrected chi connectivity index (χ1v) is 9.38. The zero-order chi connectivity index (χ0) is 19.6. The Kier molecular flexibility index (Phi) is 6.96. The molecule has 0 unspecified atom stereocenters. The number of carbonyl (C=O) groups excluding carboxylic acids is 1. The molecule has 0 aliphatic carbocycles. The summed E-state index contributed by atoms with van der Waals surface area (Å²) in [6.45, 7) is 2.80. The highest BCUT2D eigenvalue weighted by molar-refractivity contribution is 5.91. The summed E-state index contributed by atoms with van der Waals surface area (Å²) in [5.41, 5.74) is 2.59. The molecule has 0 fully saturated rings. The molecule has 0 aliphatic heterocycles. The van der Waals surface area contributed by atoms with Crippen molar-refractivity contribution >= 4 is 18.1 Å². The number of aromatic nitrogens is 1. The Morgan fingerprint density at radius 1 is 0.857 bits per heavy atom. The number of pyridine rings is 1. The van der Waals surface area contributed by atoms with E-state index in [0.29, 0.717) is 17.9 Å². The van der Waals surface area contributed by atoms with E-state index in [9.17, 15) is 4.79 Å². The molecule has 0 N–H and O–H groups in total. The number of hydrogen-bond acceptors (Lipinski definition) is 4. The molecule has 3 aromatic rings. The van der Waals surface area contributed by atoms with E-state index in [1.807, 2.05) is 36.4 Å². The first kappa shape index (κ1) is 19.4. The number of hydrogen-bond donors (Lipinski definition) is 0. The fourth-order valence-corrected chi connectivity index (χ4v) is 2.50. The topological polar surface area (TPSA) is 48.4 Å². The second kappa shape index (κ2) is 10.1. The van der Waals surface area contributed by atoms with E-state index in [2.05, 4.69) is 11.9 Å². The Hall–Kier alpha value is -3.40. The maximum atomic E-state index is 12.3. The summed E-state index contributed by atoms with van der Waals surface area (Å²) in [4.78, 5) is 16.3. The van der Waals surface area contributed by atoms with E-state index in [1.54, 1.807) is 48.8 Å². The monoisotopic (exact) mass is 373 g/mol. The van der Waals surface area contributed by atoms with Gasteiger partial charge < -0.3 is 9.47 Å². The average Bonchev–Trinajstić information content (AvgIpc) is 2.75. The zero-order valence-corrected chi connectivity index (χ0v) is 15.9. The second-order valence-electron chi connectivity index (χ2n) is 6.30. The highest BCUT2D eigenvalue weighted by atomic mass is 16.5. The van der Waals surface area contributed by atoms with E-state index in [4.69, 9.17) is 9.47 Å². The van der Waals surface area contributed by atoms with Gasteiger partial charge in [0.05, 0.1) is 12.2 Å². The third-order valence-electron chi connectivity index (χ3n) is 4.12. The predicted molar refractivity (Wildman–Crippen MR) is 111 cm³/mol. The van der Waals surface area contributed by atoms with Crippen LogP contribution in [0.4, 0.5) is 0 Å². The number of rotatable bonds is 8. The van der Waals surface area contributed by atoms with Crippen LogP contribution >= 0.6 is 0 Å². The van der Waals surface area contributed by atoms with Crippen LogP contribution in [0.25, 0.3) is 12.2 Å². The summed E-state index contributed by atoms with van der Waals surface area (Å²) in [6.07, 6.45) is 9.61. The summed E-state index contributed by atoms with van der Waals surface area (Å²) in [6, 6.07) is 18.3. The van der Waals surface area contributed by atoms with Gasteiger partial charge in [0.25, 0.3) is 0 Å². The summed E-state index contributed by atoms with van der Waals surface area (Å²) in [5.74, 6) is 0.879. The Morgan fingerprint density at radius 2 is 1.46 bits per heavy atom. The molecule has 0 atom stereocenters. The molecule has 4 heteroatoms. The van der Waals surface area contributed by atoms with Gasteiger partial charge in [-0.05, 0) is 66.1 Å². The van der Waals surface area contributed by atoms with E-state index in [1.165, 1.54) is 0 Å². The molecule has 28 heavy (non-hydrogen) atoms. The fraction of sp³-hybridized carbons (Fsp3) is 0.167. The van der Waals surface area contributed by atoms with Crippen LogP contribution in [-0.2, 0) is 0 Å². The van der Waals surface area contributed by atoms with Gasteiger partial charge in [-0.15, -0.1) is 0 Å². The van der Waals surface area contributed by atoms with Crippen molar-refractivity contribution in [2.75, 3.05) is 6.61 Å². The molecule has 0 spiro atoms. The van der Waals surface area contributed by atoms with Crippen molar-refractivity contribution in [3.8, 4) is 11.5 Å². The van der Waals surface area contributed by atoms with Crippen LogP contribution in [-0.4, -0.2) is 17.6 Å². The maximum Gasteiger partial charge on any atom is 0.343 e. The Morgan fingerprint density at radius 3 is 2.11 bits per heavy atom. The molecule has 0 saturated heterocycles. The number of nitrogens with zero attached hydrogens (tertiary/aromatic N) is 1. The normalized spacial score (nSPS) is 10.8. The van der Waals surface area contributed by atoms with E-state index in [0.717, 1.165) is 29.7 Å². The Balaban J connectivity index is 1.56. The minimum atomic E-state index is -0.389. The molecule has 142 valence electrons. The number of benzene rings is 2. The van der Waals surface area contributed by atoms with E-state index in [-0.39, 0.29) is 5.97 Å². The van der Waals surface area contributed by atoms with Crippen molar-refractivity contribution < 1.29 is 14.3 Å². The molecule has 0 amide bonds. The van der Waals surface area contributed by atoms with Gasteiger partial charge in [0.15, 0.2) is 0 Å². The van der Waals surface area contributed by atoms with Gasteiger partial charge in [0.2, 0.25) is 0 Å². The third kappa shape index (κ3) is 5.81. The minimum Gasteiger partial charge on any atom is -0.494 e. The fourth-order valence-electron chi connectivity index (χ4n) is 2.50. The van der Waals surface area contributed by atoms with Crippen molar-refractivity contribution in [2.45, 2.75) is 19.8 Å². The van der Waals surface area contributed by atoms with E-state index >= 15 is 0 Å². The number of carbonyl (C=O) groups is 1. The van der Waals surface area contributed by atoms with Gasteiger partial charge in [-0.1, -0.05) is 37.6 Å². The van der Waals surface area contributed by atoms with Crippen molar-refractivity contribution in [3.05, 3.63) is 89.7 Å². The average molecular weight is 373 g/mol. The first-order valence-electron chi connectivity index (χ1n) is 9.38. The SMILES string of the molecule is CCCCOc1ccc(C(=O)Oc2ccc(C=Cc3ccncc3)cc2)cc1. The van der Waals surface area contributed by atoms with Crippen molar-refractivity contribution in [1.82, 2.24) is 4.98 Å². The highest BCUT2D eigenvalue weighted by Crippen LogP contribution is 2.18. The van der Waals surface area contributed by atoms with Crippen LogP contribution < -0.4 is 9.47 Å². The van der Waals surface area contributed by atoms with E-state index < -0.39 is 0 Å². The molecule has 0 radical (unpaired) electrons. The van der Waals surface area contributed by atoms with Gasteiger partial charge in [0, 0.05) is 12.4 Å². The Bertz CT molecular complexity index is 901. The van der Waals surface area contributed by atoms with Crippen LogP contribution in [0.15, 0.2) is 73.1 Å². The van der Waals surface area contributed by atoms with Gasteiger partial charge in [-0.3, -0.25) is 4.98 Å². The summed E-state index contributed by atoms with van der Waals surface area (Å²) >= 11 is 0. The largest absolute Gasteiger partial charge is 0.494 e. The summed E-state index contributed by atoms with van der Waals surface area (Å²) in [5, 5.41) is 0. The number of unbranched alkanes of at least 4 members (excludes halogenated alkanes) is 1. The van der Waals surface area contributed by atoms with Crippen LogP contribution in [0.1, 0.15) is 41.3 Å². The van der Waals surface area contributed by atoms with Crippen LogP contribution in [0.2, 0.25) is 0 Å². The first-order chi connectivity index (χ1) is 13.7. The molecule has 1 aromatic heterocycles. The molecule has 2 aromatic carbocycles. The molecule has 3 rings (SSSR count). The lowest BCUT2D eigenvalue weighted by Crippen LogP contribution is -2.08. The molecule has 0 bridgehead atoms. The zero-order valence-electron chi connectivity index (χ0n) is 15.9. The lowest BCUT2D eigenvalue weighted by molar-refractivity contribution is 0.0734. The summed E-state index contributed by atoms with van der Waals surface area (Å²) in [7, 11) is 0. The van der Waals surface area contributed by atoms with Crippen molar-refractivity contribution in [3.63, 3.8) is 0 Å². The molecular formula is C24H23NO3. The number of ether oxygens (including phenoxy) is 2. The van der Waals surface area contributed by atoms with Gasteiger partial charge in [-0.25, -0.2) is 4.79 Å². The standard InChI is InChI=1S/C24H23NO3/c1-2-3-18-27-22-12-8-21(9-13-22)24(26)28-23-10-6-19(7-11-23)4-5-20-14-16-25-17-15-20/h4-17H,2-3,18H2,1H3. The van der Waals surface area contributed by atoms with Crippen LogP contribution in [0.5, 0.6) is 11.5 Å². The van der Waals surface area contributed by atoms with Gasteiger partial charge >= 0.3 is 5.97 Å². The molecule has 0 saturated carbocycles. The van der Waals surface area contributed by atoms with Crippen molar-refractivity contribution in [1.29, 1.82) is 0 Å². The summed E-state index contributed by atoms with van der Waals surface area (Å²) < 4.78 is 11.0. The smallest absolute Gasteiger partial charge is 0.343 e. The minimum absolute atomic E-state index is 0.389. The molecule has 1 heterocycles.